The Hall–Kier alpha value is -0.830. The largest absolute Gasteiger partial charge is 0.462 e. The number of fused-ring (bicyclic) bond motifs is 5. The van der Waals surface area contributed by atoms with E-state index in [1.807, 2.05) is 0 Å². The van der Waals surface area contributed by atoms with E-state index in [9.17, 15) is 9.90 Å². The van der Waals surface area contributed by atoms with Gasteiger partial charge in [0.05, 0.1) is 6.10 Å². The fourth-order valence-corrected chi connectivity index (χ4v) is 8.90. The molecule has 3 fully saturated rings. The standard InChI is InChI=1S/C29H48O3/c1-18(2)7-12-27(31)19(3)24-10-11-25-23-9-8-21-17-22(32-20(4)30)13-15-28(21,5)26(23)14-16-29(24,25)6/h8,18-19,22-27,31H,7,9-17H2,1-6H3/t19-,22?,23?,24?,25?,26?,27+,28?,29?/m0/s1. The molecule has 0 aromatic carbocycles. The number of carbonyl (C=O) groups excluding carboxylic acids is 1. The molecule has 4 aliphatic rings. The van der Waals surface area contributed by atoms with Crippen LogP contribution in [0.15, 0.2) is 11.6 Å². The summed E-state index contributed by atoms with van der Waals surface area (Å²) >= 11 is 0. The quantitative estimate of drug-likeness (QED) is 0.357. The van der Waals surface area contributed by atoms with Crippen LogP contribution in [0.1, 0.15) is 106 Å². The Balaban J connectivity index is 1.49. The van der Waals surface area contributed by atoms with Crippen LogP contribution in [0.3, 0.4) is 0 Å². The van der Waals surface area contributed by atoms with Crippen molar-refractivity contribution in [1.82, 2.24) is 0 Å². The lowest BCUT2D eigenvalue weighted by atomic mass is 9.47. The third-order valence-electron chi connectivity index (χ3n) is 10.7. The molecule has 182 valence electrons. The van der Waals surface area contributed by atoms with E-state index in [1.165, 1.54) is 32.1 Å². The molecular weight excluding hydrogens is 396 g/mol. The second-order valence-corrected chi connectivity index (χ2v) is 12.9. The van der Waals surface area contributed by atoms with Gasteiger partial charge in [0.2, 0.25) is 0 Å². The van der Waals surface area contributed by atoms with E-state index in [0.29, 0.717) is 28.6 Å². The van der Waals surface area contributed by atoms with Gasteiger partial charge in [-0.05, 0) is 104 Å². The predicted molar refractivity (Wildman–Crippen MR) is 130 cm³/mol. The number of aliphatic hydroxyl groups is 1. The highest BCUT2D eigenvalue weighted by Crippen LogP contribution is 2.67. The molecule has 0 amide bonds. The molecule has 0 heterocycles. The van der Waals surface area contributed by atoms with E-state index in [1.54, 1.807) is 12.5 Å². The van der Waals surface area contributed by atoms with Crippen molar-refractivity contribution >= 4 is 5.97 Å². The van der Waals surface area contributed by atoms with Crippen LogP contribution in [0.25, 0.3) is 0 Å². The van der Waals surface area contributed by atoms with Gasteiger partial charge >= 0.3 is 5.97 Å². The molecule has 0 aromatic heterocycles. The van der Waals surface area contributed by atoms with Gasteiger partial charge in [0.15, 0.2) is 0 Å². The second-order valence-electron chi connectivity index (χ2n) is 12.9. The van der Waals surface area contributed by atoms with Gasteiger partial charge in [-0.25, -0.2) is 0 Å². The lowest BCUT2D eigenvalue weighted by Gasteiger charge is -2.58. The Kier molecular flexibility index (Phi) is 6.90. The summed E-state index contributed by atoms with van der Waals surface area (Å²) in [6.07, 6.45) is 14.2. The Morgan fingerprint density at radius 1 is 1.09 bits per heavy atom. The number of aliphatic hydroxyl groups excluding tert-OH is 1. The molecule has 0 aromatic rings. The SMILES string of the molecule is CC(=O)OC1CCC2(C)C(=CCC3C2CCC2(C)C3CCC2[C@H](C)[C@H](O)CCC(C)C)C1. The van der Waals surface area contributed by atoms with E-state index < -0.39 is 0 Å². The summed E-state index contributed by atoms with van der Waals surface area (Å²) in [6.45, 7) is 13.5. The minimum atomic E-state index is -0.150. The van der Waals surface area contributed by atoms with Crippen molar-refractivity contribution in [3.05, 3.63) is 11.6 Å². The molecule has 0 spiro atoms. The van der Waals surface area contributed by atoms with Gasteiger partial charge in [-0.1, -0.05) is 46.3 Å². The summed E-state index contributed by atoms with van der Waals surface area (Å²) in [5.74, 6) is 3.96. The number of hydrogen-bond acceptors (Lipinski definition) is 3. The van der Waals surface area contributed by atoms with Crippen molar-refractivity contribution < 1.29 is 14.6 Å². The normalized spacial score (nSPS) is 43.0. The smallest absolute Gasteiger partial charge is 0.302 e. The van der Waals surface area contributed by atoms with Crippen molar-refractivity contribution in [2.45, 2.75) is 118 Å². The zero-order chi connectivity index (χ0) is 23.3. The van der Waals surface area contributed by atoms with E-state index in [4.69, 9.17) is 4.74 Å². The average Bonchev–Trinajstić information content (AvgIpc) is 3.08. The average molecular weight is 445 g/mol. The Labute approximate surface area is 196 Å². The third-order valence-corrected chi connectivity index (χ3v) is 10.7. The van der Waals surface area contributed by atoms with Crippen LogP contribution in [0.5, 0.6) is 0 Å². The van der Waals surface area contributed by atoms with Crippen LogP contribution in [0, 0.1) is 46.3 Å². The number of esters is 1. The maximum Gasteiger partial charge on any atom is 0.302 e. The first kappa shape index (κ1) is 24.3. The van der Waals surface area contributed by atoms with Crippen molar-refractivity contribution in [3.63, 3.8) is 0 Å². The monoisotopic (exact) mass is 444 g/mol. The van der Waals surface area contributed by atoms with Gasteiger partial charge in [0.1, 0.15) is 6.10 Å². The maximum atomic E-state index is 11.5. The minimum Gasteiger partial charge on any atom is -0.462 e. The molecule has 0 radical (unpaired) electrons. The molecule has 3 nitrogen and oxygen atoms in total. The highest BCUT2D eigenvalue weighted by molar-refractivity contribution is 5.66. The molecule has 1 N–H and O–H groups in total. The molecule has 32 heavy (non-hydrogen) atoms. The molecule has 0 aliphatic heterocycles. The predicted octanol–water partition coefficient (Wildman–Crippen LogP) is 6.93. The van der Waals surface area contributed by atoms with Crippen LogP contribution in [-0.4, -0.2) is 23.3 Å². The number of carbonyl (C=O) groups is 1. The molecule has 7 unspecified atom stereocenters. The Morgan fingerprint density at radius 2 is 1.84 bits per heavy atom. The van der Waals surface area contributed by atoms with E-state index >= 15 is 0 Å². The summed E-state index contributed by atoms with van der Waals surface area (Å²) in [5, 5.41) is 11.0. The van der Waals surface area contributed by atoms with E-state index in [-0.39, 0.29) is 18.2 Å². The van der Waals surface area contributed by atoms with Gasteiger partial charge in [0, 0.05) is 13.3 Å². The van der Waals surface area contributed by atoms with Gasteiger partial charge in [-0.15, -0.1) is 0 Å². The zero-order valence-corrected chi connectivity index (χ0v) is 21.5. The second kappa shape index (κ2) is 9.08. The number of ether oxygens (including phenoxy) is 1. The van der Waals surface area contributed by atoms with Gasteiger partial charge in [-0.3, -0.25) is 4.79 Å². The molecule has 4 aliphatic carbocycles. The fraction of sp³-hybridized carbons (Fsp3) is 0.897. The summed E-state index contributed by atoms with van der Waals surface area (Å²) in [5.41, 5.74) is 2.25. The zero-order valence-electron chi connectivity index (χ0n) is 21.5. The number of hydrogen-bond donors (Lipinski definition) is 1. The first-order valence-electron chi connectivity index (χ1n) is 13.6. The maximum absolute atomic E-state index is 11.5. The van der Waals surface area contributed by atoms with Crippen molar-refractivity contribution in [1.29, 1.82) is 0 Å². The molecular formula is C29H48O3. The van der Waals surface area contributed by atoms with Crippen LogP contribution < -0.4 is 0 Å². The number of allylic oxidation sites excluding steroid dienone is 1. The van der Waals surface area contributed by atoms with Crippen LogP contribution in [0.4, 0.5) is 0 Å². The molecule has 9 atom stereocenters. The molecule has 0 bridgehead atoms. The first-order chi connectivity index (χ1) is 15.1. The lowest BCUT2D eigenvalue weighted by molar-refractivity contribution is -0.148. The van der Waals surface area contributed by atoms with Crippen molar-refractivity contribution in [2.75, 3.05) is 0 Å². The van der Waals surface area contributed by atoms with Crippen LogP contribution in [0.2, 0.25) is 0 Å². The summed E-state index contributed by atoms with van der Waals surface area (Å²) in [4.78, 5) is 11.5. The van der Waals surface area contributed by atoms with Crippen LogP contribution in [-0.2, 0) is 9.53 Å². The summed E-state index contributed by atoms with van der Waals surface area (Å²) in [6, 6.07) is 0. The van der Waals surface area contributed by atoms with Gasteiger partial charge in [0.25, 0.3) is 0 Å². The highest BCUT2D eigenvalue weighted by Gasteiger charge is 2.59. The molecule has 0 saturated heterocycles. The first-order valence-corrected chi connectivity index (χ1v) is 13.6. The fourth-order valence-electron chi connectivity index (χ4n) is 8.90. The van der Waals surface area contributed by atoms with E-state index in [2.05, 4.69) is 40.7 Å². The minimum absolute atomic E-state index is 0.0845. The molecule has 4 rings (SSSR count). The Morgan fingerprint density at radius 3 is 2.53 bits per heavy atom. The van der Waals surface area contributed by atoms with E-state index in [0.717, 1.165) is 49.9 Å². The van der Waals surface area contributed by atoms with Gasteiger partial charge in [-0.2, -0.15) is 0 Å². The van der Waals surface area contributed by atoms with Crippen LogP contribution >= 0.6 is 0 Å². The lowest BCUT2D eigenvalue weighted by Crippen LogP contribution is -2.51. The third kappa shape index (κ3) is 4.21. The Bertz CT molecular complexity index is 726. The van der Waals surface area contributed by atoms with Gasteiger partial charge < -0.3 is 9.84 Å². The van der Waals surface area contributed by atoms with Crippen molar-refractivity contribution in [3.8, 4) is 0 Å². The topological polar surface area (TPSA) is 46.5 Å². The summed E-state index contributed by atoms with van der Waals surface area (Å²) in [7, 11) is 0. The summed E-state index contributed by atoms with van der Waals surface area (Å²) < 4.78 is 5.60. The molecule has 3 saturated carbocycles. The highest BCUT2D eigenvalue weighted by atomic mass is 16.5. The molecule has 3 heteroatoms. The van der Waals surface area contributed by atoms with Crippen molar-refractivity contribution in [2.24, 2.45) is 46.3 Å². The number of rotatable bonds is 6.